The number of aliphatic carboxylic acids is 1. The molecule has 0 bridgehead atoms. The van der Waals surface area contributed by atoms with Gasteiger partial charge in [0.2, 0.25) is 5.91 Å². The van der Waals surface area contributed by atoms with E-state index < -0.39 is 28.9 Å². The van der Waals surface area contributed by atoms with Crippen LogP contribution in [0.1, 0.15) is 31.7 Å². The Labute approximate surface area is 121 Å². The zero-order chi connectivity index (χ0) is 15.8. The Kier molecular flexibility index (Phi) is 3.98. The smallest absolute Gasteiger partial charge is 0.310 e. The van der Waals surface area contributed by atoms with Gasteiger partial charge in [-0.2, -0.15) is 0 Å². The van der Waals surface area contributed by atoms with E-state index in [0.29, 0.717) is 6.42 Å². The van der Waals surface area contributed by atoms with Gasteiger partial charge in [-0.25, -0.2) is 8.78 Å². The highest BCUT2D eigenvalue weighted by molar-refractivity contribution is 5.84. The zero-order valence-corrected chi connectivity index (χ0v) is 11.8. The minimum absolute atomic E-state index is 0.00395. The number of hydrogen-bond acceptors (Lipinski definition) is 2. The zero-order valence-electron chi connectivity index (χ0n) is 11.8. The van der Waals surface area contributed by atoms with E-state index in [0.717, 1.165) is 6.07 Å². The number of benzene rings is 1. The molecule has 21 heavy (non-hydrogen) atoms. The molecule has 114 valence electrons. The summed E-state index contributed by atoms with van der Waals surface area (Å²) in [5.41, 5.74) is -0.864. The SMILES string of the molecule is CC(C)(CNC(=O)C1CC1c1cccc(F)c1F)C(=O)O. The molecule has 2 N–H and O–H groups in total. The van der Waals surface area contributed by atoms with Crippen molar-refractivity contribution >= 4 is 11.9 Å². The molecular weight excluding hydrogens is 280 g/mol. The molecule has 1 aliphatic carbocycles. The lowest BCUT2D eigenvalue weighted by Gasteiger charge is -2.19. The number of nitrogens with one attached hydrogen (secondary N) is 1. The Morgan fingerprint density at radius 2 is 2.05 bits per heavy atom. The van der Waals surface area contributed by atoms with E-state index in [2.05, 4.69) is 5.32 Å². The Morgan fingerprint density at radius 1 is 1.38 bits per heavy atom. The summed E-state index contributed by atoms with van der Waals surface area (Å²) in [6, 6.07) is 3.91. The molecule has 0 heterocycles. The fourth-order valence-corrected chi connectivity index (χ4v) is 2.15. The number of carboxylic acids is 1. The maximum atomic E-state index is 13.6. The first-order valence-corrected chi connectivity index (χ1v) is 6.69. The first-order valence-electron chi connectivity index (χ1n) is 6.69. The van der Waals surface area contributed by atoms with Crippen LogP contribution in [0.3, 0.4) is 0 Å². The van der Waals surface area contributed by atoms with Crippen molar-refractivity contribution in [2.75, 3.05) is 6.54 Å². The van der Waals surface area contributed by atoms with Crippen molar-refractivity contribution in [3.8, 4) is 0 Å². The molecule has 4 nitrogen and oxygen atoms in total. The quantitative estimate of drug-likeness (QED) is 0.876. The van der Waals surface area contributed by atoms with Gasteiger partial charge in [-0.05, 0) is 37.8 Å². The summed E-state index contributed by atoms with van der Waals surface area (Å²) < 4.78 is 26.8. The van der Waals surface area contributed by atoms with Crippen molar-refractivity contribution in [3.05, 3.63) is 35.4 Å². The predicted molar refractivity (Wildman–Crippen MR) is 71.6 cm³/mol. The van der Waals surface area contributed by atoms with Gasteiger partial charge in [-0.15, -0.1) is 0 Å². The van der Waals surface area contributed by atoms with Gasteiger partial charge in [0.25, 0.3) is 0 Å². The fourth-order valence-electron chi connectivity index (χ4n) is 2.15. The van der Waals surface area contributed by atoms with Gasteiger partial charge >= 0.3 is 5.97 Å². The maximum absolute atomic E-state index is 13.6. The molecule has 0 aromatic heterocycles. The second-order valence-corrected chi connectivity index (χ2v) is 6.00. The molecule has 1 saturated carbocycles. The molecule has 1 aromatic carbocycles. The summed E-state index contributed by atoms with van der Waals surface area (Å²) in [5.74, 6) is -3.93. The van der Waals surface area contributed by atoms with Crippen LogP contribution in [0, 0.1) is 23.0 Å². The van der Waals surface area contributed by atoms with Crippen LogP contribution in [-0.4, -0.2) is 23.5 Å². The first kappa shape index (κ1) is 15.4. The Hall–Kier alpha value is -1.98. The molecule has 2 unspecified atom stereocenters. The molecular formula is C15H17F2NO3. The second-order valence-electron chi connectivity index (χ2n) is 6.00. The molecule has 0 aliphatic heterocycles. The lowest BCUT2D eigenvalue weighted by Crippen LogP contribution is -2.39. The van der Waals surface area contributed by atoms with E-state index in [1.54, 1.807) is 0 Å². The van der Waals surface area contributed by atoms with Crippen LogP contribution in [-0.2, 0) is 9.59 Å². The molecule has 6 heteroatoms. The summed E-state index contributed by atoms with van der Waals surface area (Å²) in [6.45, 7) is 3.01. The van der Waals surface area contributed by atoms with Crippen molar-refractivity contribution in [1.82, 2.24) is 5.32 Å². The Balaban J connectivity index is 1.96. The highest BCUT2D eigenvalue weighted by atomic mass is 19.2. The second kappa shape index (κ2) is 5.42. The first-order chi connectivity index (χ1) is 9.74. The largest absolute Gasteiger partial charge is 0.481 e. The number of carboxylic acid groups (broad SMARTS) is 1. The predicted octanol–water partition coefficient (Wildman–Crippen LogP) is 2.30. The van der Waals surface area contributed by atoms with Crippen molar-refractivity contribution in [3.63, 3.8) is 0 Å². The Morgan fingerprint density at radius 3 is 2.67 bits per heavy atom. The number of carbonyl (C=O) groups excluding carboxylic acids is 1. The number of amides is 1. The monoisotopic (exact) mass is 297 g/mol. The molecule has 1 aromatic rings. The van der Waals surface area contributed by atoms with Crippen LogP contribution < -0.4 is 5.32 Å². The highest BCUT2D eigenvalue weighted by Crippen LogP contribution is 2.48. The van der Waals surface area contributed by atoms with Gasteiger partial charge in [0, 0.05) is 12.5 Å². The van der Waals surface area contributed by atoms with Crippen molar-refractivity contribution in [1.29, 1.82) is 0 Å². The van der Waals surface area contributed by atoms with Gasteiger partial charge in [0.15, 0.2) is 11.6 Å². The molecule has 0 radical (unpaired) electrons. The van der Waals surface area contributed by atoms with E-state index in [4.69, 9.17) is 5.11 Å². The van der Waals surface area contributed by atoms with Gasteiger partial charge in [-0.3, -0.25) is 9.59 Å². The van der Waals surface area contributed by atoms with Gasteiger partial charge in [0.1, 0.15) is 0 Å². The van der Waals surface area contributed by atoms with Crippen molar-refractivity contribution in [2.24, 2.45) is 11.3 Å². The number of rotatable bonds is 5. The molecule has 1 fully saturated rings. The lowest BCUT2D eigenvalue weighted by atomic mass is 9.94. The van der Waals surface area contributed by atoms with Gasteiger partial charge < -0.3 is 10.4 Å². The van der Waals surface area contributed by atoms with E-state index in [9.17, 15) is 18.4 Å². The van der Waals surface area contributed by atoms with Gasteiger partial charge in [0.05, 0.1) is 5.41 Å². The van der Waals surface area contributed by atoms with E-state index in [-0.39, 0.29) is 23.9 Å². The number of halogens is 2. The molecule has 0 saturated heterocycles. The summed E-state index contributed by atoms with van der Waals surface area (Å²) in [5, 5.41) is 11.5. The summed E-state index contributed by atoms with van der Waals surface area (Å²) in [4.78, 5) is 22.9. The van der Waals surface area contributed by atoms with Crippen LogP contribution in [0.5, 0.6) is 0 Å². The van der Waals surface area contributed by atoms with E-state index in [1.165, 1.54) is 26.0 Å². The number of hydrogen-bond donors (Lipinski definition) is 2. The van der Waals surface area contributed by atoms with Crippen LogP contribution in [0.2, 0.25) is 0 Å². The summed E-state index contributed by atoms with van der Waals surface area (Å²) >= 11 is 0. The maximum Gasteiger partial charge on any atom is 0.310 e. The van der Waals surface area contributed by atoms with Crippen LogP contribution >= 0.6 is 0 Å². The van der Waals surface area contributed by atoms with E-state index >= 15 is 0 Å². The molecule has 2 atom stereocenters. The Bertz CT molecular complexity index is 586. The summed E-state index contributed by atoms with van der Waals surface area (Å²) in [6.07, 6.45) is 0.444. The number of carbonyl (C=O) groups is 2. The molecule has 1 amide bonds. The normalized spacial score (nSPS) is 21.0. The summed E-state index contributed by atoms with van der Waals surface area (Å²) in [7, 11) is 0. The average molecular weight is 297 g/mol. The van der Waals surface area contributed by atoms with Crippen LogP contribution in [0.15, 0.2) is 18.2 Å². The van der Waals surface area contributed by atoms with Crippen LogP contribution in [0.4, 0.5) is 8.78 Å². The third-order valence-electron chi connectivity index (χ3n) is 3.79. The average Bonchev–Trinajstić information content (AvgIpc) is 3.19. The minimum atomic E-state index is -1.07. The van der Waals surface area contributed by atoms with Crippen molar-refractivity contribution < 1.29 is 23.5 Å². The third-order valence-corrected chi connectivity index (χ3v) is 3.79. The minimum Gasteiger partial charge on any atom is -0.481 e. The third kappa shape index (κ3) is 3.20. The molecule has 2 rings (SSSR count). The molecule has 0 spiro atoms. The standard InChI is InChI=1S/C15H17F2NO3/c1-15(2,14(20)21)7-18-13(19)10-6-9(10)8-4-3-5-11(16)12(8)17/h3-5,9-10H,6-7H2,1-2H3,(H,18,19)(H,20,21). The van der Waals surface area contributed by atoms with Crippen molar-refractivity contribution in [2.45, 2.75) is 26.2 Å². The highest BCUT2D eigenvalue weighted by Gasteiger charge is 2.46. The van der Waals surface area contributed by atoms with E-state index in [1.807, 2.05) is 0 Å². The van der Waals surface area contributed by atoms with Crippen LogP contribution in [0.25, 0.3) is 0 Å². The fraction of sp³-hybridized carbons (Fsp3) is 0.467. The lowest BCUT2D eigenvalue weighted by molar-refractivity contribution is -0.146. The molecule has 1 aliphatic rings. The van der Waals surface area contributed by atoms with Gasteiger partial charge in [-0.1, -0.05) is 12.1 Å². The topological polar surface area (TPSA) is 66.4 Å².